The molecule has 0 aliphatic heterocycles. The number of likely N-dealkylation sites (N-methyl/N-ethyl adjacent to an activating group) is 1. The number of amides is 1. The minimum absolute atomic E-state index is 0.154. The van der Waals surface area contributed by atoms with Crippen molar-refractivity contribution in [2.24, 2.45) is 0 Å². The van der Waals surface area contributed by atoms with Gasteiger partial charge in [0.2, 0.25) is 16.8 Å². The number of nitrogens with zero attached hydrogens (tertiary/aromatic N) is 1. The standard InChI is InChI=1S/C10H15N3O3S/c1-13(2)7-10(14)11-8-4-3-5-9(6-8)12-17(15)16/h3-6,17H,7H2,1-2H3,(H,11,14)(H,12,15,16). The molecule has 0 fully saturated rings. The Morgan fingerprint density at radius 1 is 1.29 bits per heavy atom. The first-order valence-electron chi connectivity index (χ1n) is 4.93. The monoisotopic (exact) mass is 257 g/mol. The molecule has 1 amide bonds. The topological polar surface area (TPSA) is 78.5 Å². The summed E-state index contributed by atoms with van der Waals surface area (Å²) in [5.74, 6) is -0.154. The van der Waals surface area contributed by atoms with Gasteiger partial charge in [-0.25, -0.2) is 8.42 Å². The van der Waals surface area contributed by atoms with Crippen LogP contribution in [0.1, 0.15) is 0 Å². The molecule has 17 heavy (non-hydrogen) atoms. The molecule has 0 radical (unpaired) electrons. The third-order valence-corrected chi connectivity index (χ3v) is 2.27. The van der Waals surface area contributed by atoms with Crippen LogP contribution in [0.3, 0.4) is 0 Å². The Hall–Kier alpha value is -1.60. The number of carbonyl (C=O) groups is 1. The zero-order valence-corrected chi connectivity index (χ0v) is 10.5. The summed E-state index contributed by atoms with van der Waals surface area (Å²) in [6.45, 7) is 0.271. The molecule has 1 aromatic rings. The fourth-order valence-electron chi connectivity index (χ4n) is 1.26. The molecule has 0 saturated carbocycles. The highest BCUT2D eigenvalue weighted by atomic mass is 32.2. The first kappa shape index (κ1) is 13.5. The molecule has 0 saturated heterocycles. The van der Waals surface area contributed by atoms with Gasteiger partial charge in [-0.1, -0.05) is 6.07 Å². The Morgan fingerprint density at radius 2 is 1.94 bits per heavy atom. The molecule has 7 heteroatoms. The van der Waals surface area contributed by atoms with Crippen molar-refractivity contribution >= 4 is 28.2 Å². The van der Waals surface area contributed by atoms with Gasteiger partial charge in [-0.2, -0.15) is 0 Å². The van der Waals surface area contributed by atoms with E-state index in [1.807, 2.05) is 0 Å². The van der Waals surface area contributed by atoms with Gasteiger partial charge in [0.05, 0.1) is 12.2 Å². The highest BCUT2D eigenvalue weighted by Gasteiger charge is 2.04. The molecule has 0 aromatic heterocycles. The Balaban J connectivity index is 2.68. The van der Waals surface area contributed by atoms with Crippen molar-refractivity contribution in [2.75, 3.05) is 30.7 Å². The summed E-state index contributed by atoms with van der Waals surface area (Å²) < 4.78 is 23.2. The predicted octanol–water partition coefficient (Wildman–Crippen LogP) is 0.125. The lowest BCUT2D eigenvalue weighted by Crippen LogP contribution is -2.27. The molecule has 2 N–H and O–H groups in total. The van der Waals surface area contributed by atoms with Gasteiger partial charge in [-0.15, -0.1) is 0 Å². The molecule has 0 aliphatic carbocycles. The second kappa shape index (κ2) is 6.21. The molecule has 0 heterocycles. The largest absolute Gasteiger partial charge is 0.325 e. The molecular weight excluding hydrogens is 242 g/mol. The van der Waals surface area contributed by atoms with Crippen LogP contribution in [0.25, 0.3) is 0 Å². The Kier molecular flexibility index (Phi) is 4.92. The number of anilines is 2. The highest BCUT2D eigenvalue weighted by Crippen LogP contribution is 2.14. The first-order valence-corrected chi connectivity index (χ1v) is 6.11. The van der Waals surface area contributed by atoms with Crippen LogP contribution in [0.15, 0.2) is 24.3 Å². The summed E-state index contributed by atoms with van der Waals surface area (Å²) in [5.41, 5.74) is 0.975. The van der Waals surface area contributed by atoms with E-state index in [1.54, 1.807) is 43.3 Å². The average molecular weight is 257 g/mol. The maximum absolute atomic E-state index is 11.5. The lowest BCUT2D eigenvalue weighted by Gasteiger charge is -2.10. The van der Waals surface area contributed by atoms with Crippen molar-refractivity contribution < 1.29 is 13.2 Å². The molecule has 94 valence electrons. The zero-order valence-electron chi connectivity index (χ0n) is 9.64. The zero-order chi connectivity index (χ0) is 12.8. The van der Waals surface area contributed by atoms with E-state index in [2.05, 4.69) is 10.0 Å². The minimum atomic E-state index is -2.69. The van der Waals surface area contributed by atoms with Crippen LogP contribution in [0.5, 0.6) is 0 Å². The van der Waals surface area contributed by atoms with E-state index in [4.69, 9.17) is 0 Å². The number of hydrogen-bond donors (Lipinski definition) is 3. The SMILES string of the molecule is CN(C)CC(=O)Nc1cccc(N[SH](=O)=O)c1. The number of nitrogens with one attached hydrogen (secondary N) is 2. The van der Waals surface area contributed by atoms with Gasteiger partial charge in [0.25, 0.3) is 0 Å². The van der Waals surface area contributed by atoms with Gasteiger partial charge < -0.3 is 10.2 Å². The molecule has 0 aliphatic rings. The third-order valence-electron chi connectivity index (χ3n) is 1.83. The summed E-state index contributed by atoms with van der Waals surface area (Å²) in [7, 11) is 0.888. The lowest BCUT2D eigenvalue weighted by atomic mass is 10.3. The number of thiol groups is 1. The minimum Gasteiger partial charge on any atom is -0.325 e. The van der Waals surface area contributed by atoms with Crippen LogP contribution in [-0.2, 0) is 15.7 Å². The van der Waals surface area contributed by atoms with Crippen molar-refractivity contribution in [1.82, 2.24) is 4.90 Å². The molecular formula is C10H15N3O3S. The van der Waals surface area contributed by atoms with Gasteiger partial charge in [-0.3, -0.25) is 9.52 Å². The number of benzene rings is 1. The maximum atomic E-state index is 11.5. The molecule has 1 rings (SSSR count). The van der Waals surface area contributed by atoms with Crippen LogP contribution in [-0.4, -0.2) is 39.9 Å². The van der Waals surface area contributed by atoms with Crippen molar-refractivity contribution in [1.29, 1.82) is 0 Å². The van der Waals surface area contributed by atoms with Crippen molar-refractivity contribution in [3.63, 3.8) is 0 Å². The molecule has 0 atom stereocenters. The van der Waals surface area contributed by atoms with E-state index >= 15 is 0 Å². The van der Waals surface area contributed by atoms with E-state index in [0.717, 1.165) is 0 Å². The quantitative estimate of drug-likeness (QED) is 0.655. The van der Waals surface area contributed by atoms with E-state index in [1.165, 1.54) is 0 Å². The fourth-order valence-corrected chi connectivity index (χ4v) is 1.61. The normalized spacial score (nSPS) is 10.6. The van der Waals surface area contributed by atoms with E-state index in [0.29, 0.717) is 11.4 Å². The fraction of sp³-hybridized carbons (Fsp3) is 0.300. The predicted molar refractivity (Wildman–Crippen MR) is 67.6 cm³/mol. The summed E-state index contributed by atoms with van der Waals surface area (Å²) in [6.07, 6.45) is 0. The van der Waals surface area contributed by atoms with E-state index in [-0.39, 0.29) is 12.5 Å². The smallest absolute Gasteiger partial charge is 0.238 e. The third kappa shape index (κ3) is 5.32. The number of carbonyl (C=O) groups excluding carboxylic acids is 1. The van der Waals surface area contributed by atoms with Crippen LogP contribution in [0, 0.1) is 0 Å². The Labute approximate surface area is 102 Å². The Morgan fingerprint density at radius 3 is 2.53 bits per heavy atom. The van der Waals surface area contributed by atoms with Crippen LogP contribution >= 0.6 is 0 Å². The molecule has 1 aromatic carbocycles. The molecule has 0 bridgehead atoms. The van der Waals surface area contributed by atoms with Gasteiger partial charge in [0.1, 0.15) is 0 Å². The van der Waals surface area contributed by atoms with E-state index in [9.17, 15) is 13.2 Å². The van der Waals surface area contributed by atoms with Crippen molar-refractivity contribution in [3.8, 4) is 0 Å². The second-order valence-corrected chi connectivity index (χ2v) is 4.47. The number of hydrogen-bond acceptors (Lipinski definition) is 4. The Bertz CT molecular complexity index is 464. The van der Waals surface area contributed by atoms with Crippen LogP contribution < -0.4 is 10.0 Å². The number of rotatable bonds is 5. The van der Waals surface area contributed by atoms with E-state index < -0.39 is 10.9 Å². The summed E-state index contributed by atoms with van der Waals surface area (Å²) in [4.78, 5) is 13.2. The van der Waals surface area contributed by atoms with Crippen molar-refractivity contribution in [2.45, 2.75) is 0 Å². The summed E-state index contributed by atoms with van der Waals surface area (Å²) >= 11 is 0. The maximum Gasteiger partial charge on any atom is 0.238 e. The molecule has 0 spiro atoms. The average Bonchev–Trinajstić information content (AvgIpc) is 2.14. The molecule has 6 nitrogen and oxygen atoms in total. The summed E-state index contributed by atoms with van der Waals surface area (Å²) in [6, 6.07) is 6.51. The second-order valence-electron chi connectivity index (χ2n) is 3.74. The van der Waals surface area contributed by atoms with Crippen molar-refractivity contribution in [3.05, 3.63) is 24.3 Å². The lowest BCUT2D eigenvalue weighted by molar-refractivity contribution is -0.116. The van der Waals surface area contributed by atoms with Crippen LogP contribution in [0.2, 0.25) is 0 Å². The van der Waals surface area contributed by atoms with Crippen LogP contribution in [0.4, 0.5) is 11.4 Å². The summed E-state index contributed by atoms with van der Waals surface area (Å²) in [5, 5.41) is 2.67. The molecule has 0 unspecified atom stereocenters. The van der Waals surface area contributed by atoms with Gasteiger partial charge in [0, 0.05) is 5.69 Å². The first-order chi connectivity index (χ1) is 7.97. The highest BCUT2D eigenvalue weighted by molar-refractivity contribution is 7.73. The van der Waals surface area contributed by atoms with Gasteiger partial charge in [-0.05, 0) is 32.3 Å². The van der Waals surface area contributed by atoms with Gasteiger partial charge in [0.15, 0.2) is 0 Å². The van der Waals surface area contributed by atoms with Gasteiger partial charge >= 0.3 is 0 Å².